The molecule has 1 aromatic heterocycles. The van der Waals surface area contributed by atoms with E-state index in [0.717, 1.165) is 5.56 Å². The van der Waals surface area contributed by atoms with Gasteiger partial charge in [0.15, 0.2) is 16.6 Å². The number of thiazole rings is 1. The van der Waals surface area contributed by atoms with Gasteiger partial charge in [0.2, 0.25) is 12.7 Å². The fourth-order valence-electron chi connectivity index (χ4n) is 2.29. The molecule has 2 aromatic carbocycles. The van der Waals surface area contributed by atoms with E-state index in [-0.39, 0.29) is 18.5 Å². The minimum Gasteiger partial charge on any atom is -0.454 e. The van der Waals surface area contributed by atoms with E-state index >= 15 is 0 Å². The highest BCUT2D eigenvalue weighted by atomic mass is 32.1. The zero-order chi connectivity index (χ0) is 16.5. The molecule has 5 nitrogen and oxygen atoms in total. The summed E-state index contributed by atoms with van der Waals surface area (Å²) in [5, 5.41) is 3.10. The maximum absolute atomic E-state index is 13.2. The average Bonchev–Trinajstić information content (AvgIpc) is 3.17. The average molecular weight is 342 g/mol. The van der Waals surface area contributed by atoms with Crippen LogP contribution in [-0.4, -0.2) is 17.7 Å². The van der Waals surface area contributed by atoms with Gasteiger partial charge in [-0.05, 0) is 42.0 Å². The van der Waals surface area contributed by atoms with E-state index in [1.807, 2.05) is 6.07 Å². The van der Waals surface area contributed by atoms with Crippen molar-refractivity contribution in [2.75, 3.05) is 12.1 Å². The van der Waals surface area contributed by atoms with Crippen molar-refractivity contribution in [2.45, 2.75) is 0 Å². The van der Waals surface area contributed by atoms with Gasteiger partial charge >= 0.3 is 0 Å². The van der Waals surface area contributed by atoms with Gasteiger partial charge in [-0.25, -0.2) is 9.37 Å². The zero-order valence-corrected chi connectivity index (χ0v) is 13.1. The van der Waals surface area contributed by atoms with E-state index in [2.05, 4.69) is 10.3 Å². The molecule has 1 N–H and O–H groups in total. The largest absolute Gasteiger partial charge is 0.454 e. The second-order valence-electron chi connectivity index (χ2n) is 5.07. The molecule has 24 heavy (non-hydrogen) atoms. The van der Waals surface area contributed by atoms with Crippen LogP contribution >= 0.6 is 11.3 Å². The third kappa shape index (κ3) is 2.93. The summed E-state index contributed by atoms with van der Waals surface area (Å²) in [7, 11) is 0. The number of benzene rings is 2. The first-order valence-electron chi connectivity index (χ1n) is 7.12. The highest BCUT2D eigenvalue weighted by Gasteiger charge is 2.12. The lowest BCUT2D eigenvalue weighted by molar-refractivity contribution is -0.111. The first-order chi connectivity index (χ1) is 11.7. The van der Waals surface area contributed by atoms with Crippen molar-refractivity contribution in [3.63, 3.8) is 0 Å². The Balaban J connectivity index is 1.47. The predicted octanol–water partition coefficient (Wildman–Crippen LogP) is 3.82. The van der Waals surface area contributed by atoms with Gasteiger partial charge in [-0.15, -0.1) is 0 Å². The second-order valence-corrected chi connectivity index (χ2v) is 6.10. The van der Waals surface area contributed by atoms with Crippen LogP contribution in [0.2, 0.25) is 0 Å². The highest BCUT2D eigenvalue weighted by Crippen LogP contribution is 2.32. The van der Waals surface area contributed by atoms with Crippen LogP contribution in [0.15, 0.2) is 42.5 Å². The fraction of sp³-hybridized carbons (Fsp3) is 0.0588. The minimum atomic E-state index is -0.327. The van der Waals surface area contributed by atoms with Crippen LogP contribution in [0.5, 0.6) is 11.5 Å². The van der Waals surface area contributed by atoms with Crippen LogP contribution in [0, 0.1) is 5.82 Å². The van der Waals surface area contributed by atoms with E-state index in [4.69, 9.17) is 9.47 Å². The molecule has 2 heterocycles. The lowest BCUT2D eigenvalue weighted by atomic mass is 10.2. The topological polar surface area (TPSA) is 60.5 Å². The summed E-state index contributed by atoms with van der Waals surface area (Å²) >= 11 is 1.22. The number of nitrogens with zero attached hydrogens (tertiary/aromatic N) is 1. The van der Waals surface area contributed by atoms with Crippen LogP contribution in [0.1, 0.15) is 5.56 Å². The third-order valence-electron chi connectivity index (χ3n) is 3.40. The molecule has 1 amide bonds. The summed E-state index contributed by atoms with van der Waals surface area (Å²) in [5.41, 5.74) is 1.47. The van der Waals surface area contributed by atoms with Gasteiger partial charge in [-0.1, -0.05) is 17.4 Å². The van der Waals surface area contributed by atoms with Crippen molar-refractivity contribution in [1.29, 1.82) is 0 Å². The van der Waals surface area contributed by atoms with Crippen LogP contribution in [-0.2, 0) is 4.79 Å². The van der Waals surface area contributed by atoms with Crippen molar-refractivity contribution >= 4 is 38.7 Å². The molecule has 0 unspecified atom stereocenters. The number of ether oxygens (including phenoxy) is 2. The summed E-state index contributed by atoms with van der Waals surface area (Å²) < 4.78 is 24.4. The molecule has 1 aliphatic rings. The summed E-state index contributed by atoms with van der Waals surface area (Å²) in [6, 6.07) is 9.74. The quantitative estimate of drug-likeness (QED) is 0.735. The summed E-state index contributed by atoms with van der Waals surface area (Å²) in [4.78, 5) is 16.2. The number of hydrogen-bond acceptors (Lipinski definition) is 5. The Morgan fingerprint density at radius 3 is 3.00 bits per heavy atom. The van der Waals surface area contributed by atoms with Crippen LogP contribution in [0.4, 0.5) is 9.52 Å². The summed E-state index contributed by atoms with van der Waals surface area (Å²) in [5.74, 6) is 0.711. The molecule has 0 saturated heterocycles. The molecule has 0 saturated carbocycles. The SMILES string of the molecule is O=C(/C=C/c1ccc2c(c1)OCO2)Nc1nc2ccc(F)cc2s1. The summed E-state index contributed by atoms with van der Waals surface area (Å²) in [6.07, 6.45) is 3.08. The number of anilines is 1. The van der Waals surface area contributed by atoms with Gasteiger partial charge in [0.05, 0.1) is 10.2 Å². The predicted molar refractivity (Wildman–Crippen MR) is 89.8 cm³/mol. The van der Waals surface area contributed by atoms with Gasteiger partial charge in [0.25, 0.3) is 0 Å². The van der Waals surface area contributed by atoms with E-state index < -0.39 is 0 Å². The molecular formula is C17H11FN2O3S. The Morgan fingerprint density at radius 1 is 1.21 bits per heavy atom. The third-order valence-corrected chi connectivity index (χ3v) is 4.34. The van der Waals surface area contributed by atoms with Crippen molar-refractivity contribution in [2.24, 2.45) is 0 Å². The molecular weight excluding hydrogens is 331 g/mol. The van der Waals surface area contributed by atoms with Crippen LogP contribution in [0.25, 0.3) is 16.3 Å². The first kappa shape index (κ1) is 14.6. The second kappa shape index (κ2) is 5.93. The van der Waals surface area contributed by atoms with Gasteiger partial charge in [0.1, 0.15) is 5.82 Å². The number of carbonyl (C=O) groups excluding carboxylic acids is 1. The normalized spacial score (nSPS) is 12.9. The van der Waals surface area contributed by atoms with Gasteiger partial charge in [0, 0.05) is 6.08 Å². The highest BCUT2D eigenvalue weighted by molar-refractivity contribution is 7.22. The maximum atomic E-state index is 13.2. The first-order valence-corrected chi connectivity index (χ1v) is 7.94. The molecule has 7 heteroatoms. The Morgan fingerprint density at radius 2 is 2.08 bits per heavy atom. The number of halogens is 1. The maximum Gasteiger partial charge on any atom is 0.250 e. The molecule has 0 spiro atoms. The zero-order valence-electron chi connectivity index (χ0n) is 12.3. The van der Waals surface area contributed by atoms with E-state index in [1.54, 1.807) is 24.3 Å². The van der Waals surface area contributed by atoms with Crippen LogP contribution < -0.4 is 14.8 Å². The monoisotopic (exact) mass is 342 g/mol. The number of amides is 1. The van der Waals surface area contributed by atoms with Crippen molar-refractivity contribution in [3.05, 3.63) is 53.9 Å². The standard InChI is InChI=1S/C17H11FN2O3S/c18-11-3-4-12-15(8-11)24-17(19-12)20-16(21)6-2-10-1-5-13-14(7-10)23-9-22-13/h1-8H,9H2,(H,19,20,21)/b6-2+. The number of fused-ring (bicyclic) bond motifs is 2. The van der Waals surface area contributed by atoms with Gasteiger partial charge in [-0.3, -0.25) is 10.1 Å². The smallest absolute Gasteiger partial charge is 0.250 e. The molecule has 0 atom stereocenters. The molecule has 0 aliphatic carbocycles. The van der Waals surface area contributed by atoms with Gasteiger partial charge in [-0.2, -0.15) is 0 Å². The molecule has 1 aliphatic heterocycles. The Labute approximate surface area is 140 Å². The Bertz CT molecular complexity index is 968. The van der Waals surface area contributed by atoms with E-state index in [9.17, 15) is 9.18 Å². The molecule has 4 rings (SSSR count). The van der Waals surface area contributed by atoms with Crippen molar-refractivity contribution < 1.29 is 18.7 Å². The van der Waals surface area contributed by atoms with E-state index in [0.29, 0.717) is 26.8 Å². The number of aromatic nitrogens is 1. The Hall–Kier alpha value is -2.93. The van der Waals surface area contributed by atoms with Crippen molar-refractivity contribution in [3.8, 4) is 11.5 Å². The lowest BCUT2D eigenvalue weighted by Gasteiger charge is -1.98. The van der Waals surface area contributed by atoms with Gasteiger partial charge < -0.3 is 9.47 Å². The number of carbonyl (C=O) groups is 1. The Kier molecular flexibility index (Phi) is 3.62. The van der Waals surface area contributed by atoms with Crippen LogP contribution in [0.3, 0.4) is 0 Å². The van der Waals surface area contributed by atoms with Crippen molar-refractivity contribution in [1.82, 2.24) is 4.98 Å². The molecule has 3 aromatic rings. The number of hydrogen-bond donors (Lipinski definition) is 1. The number of nitrogens with one attached hydrogen (secondary N) is 1. The number of rotatable bonds is 3. The lowest BCUT2D eigenvalue weighted by Crippen LogP contribution is -2.07. The summed E-state index contributed by atoms with van der Waals surface area (Å²) in [6.45, 7) is 0.210. The fourth-order valence-corrected chi connectivity index (χ4v) is 3.18. The molecule has 120 valence electrons. The molecule has 0 fully saturated rings. The van der Waals surface area contributed by atoms with E-state index in [1.165, 1.54) is 29.5 Å². The minimum absolute atomic E-state index is 0.210. The molecule has 0 radical (unpaired) electrons. The molecule has 0 bridgehead atoms.